The van der Waals surface area contributed by atoms with E-state index in [-0.39, 0.29) is 24.3 Å². The first kappa shape index (κ1) is 37.5. The van der Waals surface area contributed by atoms with Gasteiger partial charge in [0.15, 0.2) is 11.5 Å². The van der Waals surface area contributed by atoms with Crippen LogP contribution < -0.4 is 25.4 Å². The summed E-state index contributed by atoms with van der Waals surface area (Å²) in [7, 11) is 2.78. The standard InChI is InChI=1S/C29H32Cl2F5N3O6/c1-15(2)24(25(41)29(35,36)27(43)37-14-28(32,33)34)39-26(42)20(12-17-6-9-21(44-3)22(13-17)45-4)38-23(40)10-7-16-5-8-18(30)19(31)11-16/h5-6,8-9,11,13,15,20,24H,7,10,12,14H2,1-4H3,(H,37,43)(H,38,40)(H,39,42)/t20-,24-/m0/s1. The third-order valence-electron chi connectivity index (χ3n) is 6.46. The number of hydrogen-bond acceptors (Lipinski definition) is 6. The van der Waals surface area contributed by atoms with Gasteiger partial charge in [-0.15, -0.1) is 0 Å². The number of nitrogens with one attached hydrogen (secondary N) is 3. The van der Waals surface area contributed by atoms with Crippen LogP contribution in [0.2, 0.25) is 10.0 Å². The molecule has 16 heteroatoms. The number of Topliss-reactive ketones (excluding diaryl/α,β-unsaturated/α-hetero) is 1. The van der Waals surface area contributed by atoms with Crippen molar-refractivity contribution in [3.05, 3.63) is 57.6 Å². The number of carbonyl (C=O) groups excluding carboxylic acids is 4. The third-order valence-corrected chi connectivity index (χ3v) is 7.19. The summed E-state index contributed by atoms with van der Waals surface area (Å²) in [6.07, 6.45) is -5.14. The highest BCUT2D eigenvalue weighted by atomic mass is 35.5. The molecule has 0 spiro atoms. The number of hydrogen-bond donors (Lipinski definition) is 3. The Kier molecular flexibility index (Phi) is 13.4. The molecule has 45 heavy (non-hydrogen) atoms. The maximum atomic E-state index is 14.7. The van der Waals surface area contributed by atoms with Crippen molar-refractivity contribution >= 4 is 46.7 Å². The smallest absolute Gasteiger partial charge is 0.405 e. The molecule has 2 aromatic carbocycles. The molecule has 0 aliphatic rings. The number of ketones is 1. The summed E-state index contributed by atoms with van der Waals surface area (Å²) in [5.41, 5.74) is 1.11. The van der Waals surface area contributed by atoms with Crippen LogP contribution in [0.25, 0.3) is 0 Å². The van der Waals surface area contributed by atoms with E-state index < -0.39 is 60.1 Å². The zero-order valence-corrected chi connectivity index (χ0v) is 26.1. The van der Waals surface area contributed by atoms with Crippen molar-refractivity contribution in [1.29, 1.82) is 0 Å². The minimum atomic E-state index is -5.00. The number of halogens is 7. The molecule has 0 aromatic heterocycles. The zero-order chi connectivity index (χ0) is 34.1. The fourth-order valence-corrected chi connectivity index (χ4v) is 4.38. The van der Waals surface area contributed by atoms with Crippen molar-refractivity contribution in [1.82, 2.24) is 16.0 Å². The van der Waals surface area contributed by atoms with Gasteiger partial charge in [-0.05, 0) is 47.7 Å². The fourth-order valence-electron chi connectivity index (χ4n) is 4.06. The molecule has 0 saturated carbocycles. The van der Waals surface area contributed by atoms with Gasteiger partial charge in [-0.1, -0.05) is 49.2 Å². The van der Waals surface area contributed by atoms with Crippen molar-refractivity contribution in [2.45, 2.75) is 57.3 Å². The molecule has 0 unspecified atom stereocenters. The van der Waals surface area contributed by atoms with Crippen LogP contribution in [-0.2, 0) is 32.0 Å². The van der Waals surface area contributed by atoms with E-state index in [2.05, 4.69) is 10.6 Å². The number of amides is 3. The van der Waals surface area contributed by atoms with E-state index in [9.17, 15) is 41.1 Å². The number of alkyl halides is 5. The third kappa shape index (κ3) is 11.0. The normalized spacial score (nSPS) is 13.1. The maximum Gasteiger partial charge on any atom is 0.405 e. The minimum absolute atomic E-state index is 0.127. The molecule has 3 amide bonds. The first-order valence-corrected chi connectivity index (χ1v) is 14.2. The summed E-state index contributed by atoms with van der Waals surface area (Å²) in [4.78, 5) is 50.9. The van der Waals surface area contributed by atoms with Gasteiger partial charge in [-0.2, -0.15) is 22.0 Å². The van der Waals surface area contributed by atoms with Crippen LogP contribution >= 0.6 is 23.2 Å². The van der Waals surface area contributed by atoms with Gasteiger partial charge in [-0.3, -0.25) is 19.2 Å². The molecule has 0 bridgehead atoms. The molecule has 0 aliphatic carbocycles. The Balaban J connectivity index is 2.31. The number of rotatable bonds is 15. The molecule has 0 heterocycles. The highest BCUT2D eigenvalue weighted by molar-refractivity contribution is 6.42. The lowest BCUT2D eigenvalue weighted by molar-refractivity contribution is -0.165. The number of carbonyl (C=O) groups is 4. The largest absolute Gasteiger partial charge is 0.493 e. The van der Waals surface area contributed by atoms with Gasteiger partial charge in [0.2, 0.25) is 17.6 Å². The van der Waals surface area contributed by atoms with Crippen molar-refractivity contribution in [3.8, 4) is 11.5 Å². The molecule has 2 aromatic rings. The quantitative estimate of drug-likeness (QED) is 0.185. The van der Waals surface area contributed by atoms with E-state index in [0.717, 1.165) is 5.32 Å². The maximum absolute atomic E-state index is 14.7. The molecule has 0 saturated heterocycles. The number of methoxy groups -OCH3 is 2. The van der Waals surface area contributed by atoms with E-state index >= 15 is 0 Å². The second-order valence-electron chi connectivity index (χ2n) is 10.2. The predicted molar refractivity (Wildman–Crippen MR) is 156 cm³/mol. The Morgan fingerprint density at radius 3 is 2.02 bits per heavy atom. The van der Waals surface area contributed by atoms with Crippen molar-refractivity contribution in [3.63, 3.8) is 0 Å². The lowest BCUT2D eigenvalue weighted by Crippen LogP contribution is -2.59. The molecular formula is C29H32Cl2F5N3O6. The van der Waals surface area contributed by atoms with Gasteiger partial charge >= 0.3 is 12.1 Å². The van der Waals surface area contributed by atoms with Crippen molar-refractivity contribution in [2.75, 3.05) is 20.8 Å². The summed E-state index contributed by atoms with van der Waals surface area (Å²) in [5.74, 6) is -11.6. The number of ether oxygens (including phenoxy) is 2. The average molecular weight is 684 g/mol. The lowest BCUT2D eigenvalue weighted by atomic mass is 9.94. The Morgan fingerprint density at radius 1 is 0.844 bits per heavy atom. The van der Waals surface area contributed by atoms with Gasteiger partial charge in [0.05, 0.1) is 30.3 Å². The summed E-state index contributed by atoms with van der Waals surface area (Å²) in [6, 6.07) is 5.95. The Morgan fingerprint density at radius 2 is 1.47 bits per heavy atom. The Bertz CT molecular complexity index is 1390. The minimum Gasteiger partial charge on any atom is -0.493 e. The molecule has 2 atom stereocenters. The second kappa shape index (κ2) is 16.1. The van der Waals surface area contributed by atoms with Gasteiger partial charge < -0.3 is 25.4 Å². The summed E-state index contributed by atoms with van der Waals surface area (Å²) >= 11 is 11.9. The highest BCUT2D eigenvalue weighted by Crippen LogP contribution is 2.28. The Hall–Kier alpha value is -3.65. The molecule has 0 fully saturated rings. The van der Waals surface area contributed by atoms with Crippen LogP contribution in [0.15, 0.2) is 36.4 Å². The van der Waals surface area contributed by atoms with Crippen LogP contribution in [0.4, 0.5) is 22.0 Å². The van der Waals surface area contributed by atoms with E-state index in [1.807, 2.05) is 0 Å². The monoisotopic (exact) mass is 683 g/mol. The molecule has 0 radical (unpaired) electrons. The zero-order valence-electron chi connectivity index (χ0n) is 24.6. The van der Waals surface area contributed by atoms with Crippen LogP contribution in [-0.4, -0.2) is 68.5 Å². The van der Waals surface area contributed by atoms with Gasteiger partial charge in [0, 0.05) is 12.8 Å². The molecule has 2 rings (SSSR count). The Labute approximate surface area is 266 Å². The van der Waals surface area contributed by atoms with Gasteiger partial charge in [0.1, 0.15) is 12.6 Å². The van der Waals surface area contributed by atoms with Crippen LogP contribution in [0, 0.1) is 5.92 Å². The van der Waals surface area contributed by atoms with Crippen molar-refractivity contribution < 1.29 is 50.6 Å². The van der Waals surface area contributed by atoms with Gasteiger partial charge in [0.25, 0.3) is 5.91 Å². The summed E-state index contributed by atoms with van der Waals surface area (Å²) in [5, 5.41) is 6.23. The summed E-state index contributed by atoms with van der Waals surface area (Å²) in [6.45, 7) is 0.479. The van der Waals surface area contributed by atoms with E-state index in [4.69, 9.17) is 32.7 Å². The molecule has 9 nitrogen and oxygen atoms in total. The number of aryl methyl sites for hydroxylation is 1. The lowest BCUT2D eigenvalue weighted by Gasteiger charge is -2.27. The second-order valence-corrected chi connectivity index (χ2v) is 11.0. The van der Waals surface area contributed by atoms with E-state index in [0.29, 0.717) is 27.6 Å². The molecule has 0 aliphatic heterocycles. The van der Waals surface area contributed by atoms with E-state index in [1.165, 1.54) is 40.2 Å². The molecule has 3 N–H and O–H groups in total. The van der Waals surface area contributed by atoms with Crippen LogP contribution in [0.5, 0.6) is 11.5 Å². The molecule has 248 valence electrons. The van der Waals surface area contributed by atoms with Gasteiger partial charge in [-0.25, -0.2) is 0 Å². The van der Waals surface area contributed by atoms with Crippen LogP contribution in [0.3, 0.4) is 0 Å². The van der Waals surface area contributed by atoms with Crippen LogP contribution in [0.1, 0.15) is 31.4 Å². The number of benzene rings is 2. The fraction of sp³-hybridized carbons (Fsp3) is 0.448. The van der Waals surface area contributed by atoms with E-state index in [1.54, 1.807) is 24.3 Å². The highest BCUT2D eigenvalue weighted by Gasteiger charge is 2.52. The SMILES string of the molecule is COc1ccc(C[C@H](NC(=O)CCc2ccc(Cl)c(Cl)c2)C(=O)N[C@H](C(=O)C(F)(F)C(=O)NCC(F)(F)F)C(C)C)cc1OC. The predicted octanol–water partition coefficient (Wildman–Crippen LogP) is 4.69. The average Bonchev–Trinajstić information content (AvgIpc) is 2.97. The first-order valence-electron chi connectivity index (χ1n) is 13.4. The topological polar surface area (TPSA) is 123 Å². The summed E-state index contributed by atoms with van der Waals surface area (Å²) < 4.78 is 77.2. The van der Waals surface area contributed by atoms with Crippen molar-refractivity contribution in [2.24, 2.45) is 5.92 Å². The first-order chi connectivity index (χ1) is 20.9. The molecular weight excluding hydrogens is 652 g/mol.